The van der Waals surface area contributed by atoms with Crippen molar-refractivity contribution in [2.24, 2.45) is 0 Å². The summed E-state index contributed by atoms with van der Waals surface area (Å²) in [6.45, 7) is 0. The normalized spacial score (nSPS) is 26.8. The summed E-state index contributed by atoms with van der Waals surface area (Å²) >= 11 is 1.75. The number of nitrogens with zero attached hydrogens (tertiary/aromatic N) is 2. The Labute approximate surface area is 103 Å². The highest BCUT2D eigenvalue weighted by Gasteiger charge is 2.46. The van der Waals surface area contributed by atoms with Gasteiger partial charge in [-0.05, 0) is 12.1 Å². The summed E-state index contributed by atoms with van der Waals surface area (Å²) in [7, 11) is 0. The Morgan fingerprint density at radius 2 is 2.47 bits per heavy atom. The fourth-order valence-electron chi connectivity index (χ4n) is 2.10. The van der Waals surface area contributed by atoms with E-state index >= 15 is 0 Å². The number of amides is 1. The molecule has 2 fully saturated rings. The van der Waals surface area contributed by atoms with Gasteiger partial charge >= 0.3 is 0 Å². The van der Waals surface area contributed by atoms with Gasteiger partial charge in [-0.2, -0.15) is 11.8 Å². The Bertz CT molecular complexity index is 465. The SMILES string of the molecule is N=C1O[C@H]2CSC[C@H]2N1C(=O)c1cccnc1. The standard InChI is InChI=1S/C11H11N3O2S/c12-11-14(8-5-17-6-9(8)16-11)10(15)7-2-1-3-13-4-7/h1-4,8-9,12H,5-6H2/t8-,9+/m1/s1. The van der Waals surface area contributed by atoms with Crippen LogP contribution in [-0.2, 0) is 4.74 Å². The second-order valence-corrected chi connectivity index (χ2v) is 5.06. The van der Waals surface area contributed by atoms with E-state index in [1.54, 1.807) is 30.1 Å². The Hall–Kier alpha value is -1.56. The third-order valence-corrected chi connectivity index (χ3v) is 4.08. The Balaban J connectivity index is 1.89. The number of amidine groups is 1. The molecule has 0 spiro atoms. The van der Waals surface area contributed by atoms with Crippen LogP contribution in [-0.4, -0.2) is 45.5 Å². The fraction of sp³-hybridized carbons (Fsp3) is 0.364. The molecule has 1 amide bonds. The monoisotopic (exact) mass is 249 g/mol. The van der Waals surface area contributed by atoms with Crippen LogP contribution in [0.1, 0.15) is 10.4 Å². The minimum absolute atomic E-state index is 0.000191. The van der Waals surface area contributed by atoms with Gasteiger partial charge in [0, 0.05) is 23.9 Å². The maximum atomic E-state index is 12.3. The van der Waals surface area contributed by atoms with Crippen LogP contribution in [0.25, 0.3) is 0 Å². The molecule has 0 radical (unpaired) electrons. The van der Waals surface area contributed by atoms with E-state index in [-0.39, 0.29) is 24.1 Å². The molecule has 1 aromatic heterocycles. The molecule has 88 valence electrons. The van der Waals surface area contributed by atoms with E-state index in [9.17, 15) is 4.79 Å². The van der Waals surface area contributed by atoms with E-state index in [1.807, 2.05) is 0 Å². The number of pyridine rings is 1. The molecule has 0 saturated carbocycles. The molecule has 1 N–H and O–H groups in total. The first-order chi connectivity index (χ1) is 8.27. The summed E-state index contributed by atoms with van der Waals surface area (Å²) < 4.78 is 5.39. The molecule has 2 atom stereocenters. The van der Waals surface area contributed by atoms with Gasteiger partial charge in [0.15, 0.2) is 0 Å². The van der Waals surface area contributed by atoms with Crippen molar-refractivity contribution < 1.29 is 9.53 Å². The summed E-state index contributed by atoms with van der Waals surface area (Å²) in [5.41, 5.74) is 0.499. The quantitative estimate of drug-likeness (QED) is 0.805. The van der Waals surface area contributed by atoms with Crippen LogP contribution in [0.2, 0.25) is 0 Å². The van der Waals surface area contributed by atoms with Crippen molar-refractivity contribution >= 4 is 23.7 Å². The zero-order valence-electron chi connectivity index (χ0n) is 9.00. The molecule has 3 heterocycles. The second-order valence-electron chi connectivity index (χ2n) is 3.98. The van der Waals surface area contributed by atoms with Gasteiger partial charge < -0.3 is 4.74 Å². The average molecular weight is 249 g/mol. The molecule has 3 rings (SSSR count). The van der Waals surface area contributed by atoms with Gasteiger partial charge in [-0.15, -0.1) is 0 Å². The van der Waals surface area contributed by atoms with Crippen molar-refractivity contribution in [3.05, 3.63) is 30.1 Å². The lowest BCUT2D eigenvalue weighted by Crippen LogP contribution is -2.41. The van der Waals surface area contributed by atoms with E-state index in [4.69, 9.17) is 10.1 Å². The number of hydrogen-bond acceptors (Lipinski definition) is 5. The smallest absolute Gasteiger partial charge is 0.292 e. The lowest BCUT2D eigenvalue weighted by Gasteiger charge is -2.18. The highest BCUT2D eigenvalue weighted by molar-refractivity contribution is 7.99. The number of aromatic nitrogens is 1. The number of nitrogens with one attached hydrogen (secondary N) is 1. The molecule has 1 aromatic rings. The van der Waals surface area contributed by atoms with Crippen molar-refractivity contribution in [1.29, 1.82) is 5.41 Å². The van der Waals surface area contributed by atoms with Crippen molar-refractivity contribution in [2.45, 2.75) is 12.1 Å². The minimum atomic E-state index is -0.196. The number of rotatable bonds is 1. The minimum Gasteiger partial charge on any atom is -0.459 e. The van der Waals surface area contributed by atoms with Crippen LogP contribution in [0.5, 0.6) is 0 Å². The van der Waals surface area contributed by atoms with Gasteiger partial charge in [0.25, 0.3) is 11.9 Å². The first kappa shape index (κ1) is 10.6. The summed E-state index contributed by atoms with van der Waals surface area (Å²) in [4.78, 5) is 17.6. The lowest BCUT2D eigenvalue weighted by atomic mass is 10.2. The molecule has 6 heteroatoms. The van der Waals surface area contributed by atoms with Gasteiger partial charge in [0.2, 0.25) is 0 Å². The molecule has 17 heavy (non-hydrogen) atoms. The maximum absolute atomic E-state index is 12.3. The van der Waals surface area contributed by atoms with Gasteiger partial charge in [0.1, 0.15) is 6.10 Å². The molecule has 2 saturated heterocycles. The third-order valence-electron chi connectivity index (χ3n) is 2.94. The summed E-state index contributed by atoms with van der Waals surface area (Å²) in [6, 6.07) is 3.39. The van der Waals surface area contributed by atoms with E-state index in [0.29, 0.717) is 5.56 Å². The predicted octanol–water partition coefficient (Wildman–Crippen LogP) is 0.973. The molecule has 0 aliphatic carbocycles. The largest absolute Gasteiger partial charge is 0.459 e. The van der Waals surface area contributed by atoms with Crippen LogP contribution >= 0.6 is 11.8 Å². The molecule has 2 aliphatic heterocycles. The first-order valence-corrected chi connectivity index (χ1v) is 6.49. The van der Waals surface area contributed by atoms with Gasteiger partial charge in [-0.3, -0.25) is 20.1 Å². The number of hydrogen-bond donors (Lipinski definition) is 1. The number of fused-ring (bicyclic) bond motifs is 1. The Kier molecular flexibility index (Phi) is 2.51. The van der Waals surface area contributed by atoms with Crippen LogP contribution in [0.4, 0.5) is 0 Å². The summed E-state index contributed by atoms with van der Waals surface area (Å²) in [6.07, 6.45) is 3.12. The van der Waals surface area contributed by atoms with Crippen molar-refractivity contribution in [3.8, 4) is 0 Å². The van der Waals surface area contributed by atoms with Gasteiger partial charge in [-0.1, -0.05) is 0 Å². The molecular formula is C11H11N3O2S. The molecule has 0 aromatic carbocycles. The van der Waals surface area contributed by atoms with E-state index in [0.717, 1.165) is 11.5 Å². The molecule has 0 unspecified atom stereocenters. The van der Waals surface area contributed by atoms with E-state index in [2.05, 4.69) is 4.98 Å². The predicted molar refractivity (Wildman–Crippen MR) is 64.1 cm³/mol. The second kappa shape index (κ2) is 4.03. The van der Waals surface area contributed by atoms with Crippen LogP contribution < -0.4 is 0 Å². The van der Waals surface area contributed by atoms with Crippen LogP contribution in [0.15, 0.2) is 24.5 Å². The number of thioether (sulfide) groups is 1. The first-order valence-electron chi connectivity index (χ1n) is 5.34. The van der Waals surface area contributed by atoms with E-state index < -0.39 is 0 Å². The topological polar surface area (TPSA) is 66.3 Å². The average Bonchev–Trinajstić information content (AvgIpc) is 2.89. The van der Waals surface area contributed by atoms with Crippen LogP contribution in [0, 0.1) is 5.41 Å². The van der Waals surface area contributed by atoms with Crippen molar-refractivity contribution in [3.63, 3.8) is 0 Å². The fourth-order valence-corrected chi connectivity index (χ4v) is 3.36. The zero-order chi connectivity index (χ0) is 11.8. The van der Waals surface area contributed by atoms with Crippen molar-refractivity contribution in [1.82, 2.24) is 9.88 Å². The van der Waals surface area contributed by atoms with E-state index in [1.165, 1.54) is 11.1 Å². The third kappa shape index (κ3) is 1.68. The molecular weight excluding hydrogens is 238 g/mol. The molecule has 2 aliphatic rings. The number of carbonyl (C=O) groups excluding carboxylic acids is 1. The summed E-state index contributed by atoms with van der Waals surface area (Å²) in [5, 5.41) is 7.74. The van der Waals surface area contributed by atoms with Crippen LogP contribution in [0.3, 0.4) is 0 Å². The number of ether oxygens (including phenoxy) is 1. The molecule has 5 nitrogen and oxygen atoms in total. The Morgan fingerprint density at radius 1 is 1.59 bits per heavy atom. The highest BCUT2D eigenvalue weighted by Crippen LogP contribution is 2.32. The van der Waals surface area contributed by atoms with Crippen molar-refractivity contribution in [2.75, 3.05) is 11.5 Å². The van der Waals surface area contributed by atoms with Gasteiger partial charge in [-0.25, -0.2) is 0 Å². The molecule has 0 bridgehead atoms. The zero-order valence-corrected chi connectivity index (χ0v) is 9.81. The van der Waals surface area contributed by atoms with Gasteiger partial charge in [0.05, 0.1) is 11.6 Å². The Morgan fingerprint density at radius 3 is 3.24 bits per heavy atom. The number of carbonyl (C=O) groups is 1. The highest BCUT2D eigenvalue weighted by atomic mass is 32.2. The summed E-state index contributed by atoms with van der Waals surface area (Å²) in [5.74, 6) is 1.49. The lowest BCUT2D eigenvalue weighted by molar-refractivity contribution is 0.0823. The maximum Gasteiger partial charge on any atom is 0.292 e.